The Morgan fingerprint density at radius 3 is 2.87 bits per heavy atom. The van der Waals surface area contributed by atoms with Crippen LogP contribution in [0.5, 0.6) is 0 Å². The molecule has 1 aromatic carbocycles. The van der Waals surface area contributed by atoms with Gasteiger partial charge in [0.2, 0.25) is 0 Å². The van der Waals surface area contributed by atoms with Crippen LogP contribution in [0.3, 0.4) is 0 Å². The Morgan fingerprint density at radius 1 is 1.13 bits per heavy atom. The third-order valence-corrected chi connectivity index (χ3v) is 3.14. The molecule has 1 aliphatic rings. The fourth-order valence-corrected chi connectivity index (χ4v) is 2.22. The molecule has 0 saturated carbocycles. The molecule has 0 bridgehead atoms. The maximum absolute atomic E-state index is 6.16. The molecule has 0 unspecified atom stereocenters. The normalized spacial score (nSPS) is 17.6. The number of nitrogens with zero attached hydrogens (tertiary/aromatic N) is 1. The van der Waals surface area contributed by atoms with Gasteiger partial charge >= 0.3 is 0 Å². The van der Waals surface area contributed by atoms with Gasteiger partial charge in [-0.2, -0.15) is 0 Å². The average molecular weight is 245 g/mol. The molecule has 15 heavy (non-hydrogen) atoms. The summed E-state index contributed by atoms with van der Waals surface area (Å²) in [5, 5.41) is 4.88. The fraction of sp³-hybridized carbons (Fsp3) is 0.455. The van der Waals surface area contributed by atoms with Gasteiger partial charge in [0.15, 0.2) is 0 Å². The monoisotopic (exact) mass is 244 g/mol. The van der Waals surface area contributed by atoms with Gasteiger partial charge in [0, 0.05) is 24.7 Å². The van der Waals surface area contributed by atoms with Gasteiger partial charge in [-0.05, 0) is 31.2 Å². The zero-order valence-corrected chi connectivity index (χ0v) is 9.98. The van der Waals surface area contributed by atoms with E-state index in [0.29, 0.717) is 0 Å². The summed E-state index contributed by atoms with van der Waals surface area (Å²) in [5.41, 5.74) is 1.05. The Kier molecular flexibility index (Phi) is 3.73. The quantitative estimate of drug-likeness (QED) is 0.818. The Labute approximate surface area is 100 Å². The molecule has 2 rings (SSSR count). The maximum atomic E-state index is 6.16. The first kappa shape index (κ1) is 11.1. The van der Waals surface area contributed by atoms with Crippen molar-refractivity contribution in [3.63, 3.8) is 0 Å². The van der Waals surface area contributed by atoms with Gasteiger partial charge in [-0.3, -0.25) is 0 Å². The van der Waals surface area contributed by atoms with Crippen LogP contribution >= 0.6 is 23.2 Å². The van der Waals surface area contributed by atoms with E-state index in [1.807, 2.05) is 18.2 Å². The number of anilines is 1. The molecule has 0 spiro atoms. The molecule has 2 nitrogen and oxygen atoms in total. The summed E-state index contributed by atoms with van der Waals surface area (Å²) in [5.74, 6) is 0. The predicted octanol–water partition coefficient (Wildman–Crippen LogP) is 2.79. The highest BCUT2D eigenvalue weighted by Crippen LogP contribution is 2.29. The molecule has 1 aliphatic heterocycles. The lowest BCUT2D eigenvalue weighted by molar-refractivity contribution is 0.724. The Morgan fingerprint density at radius 2 is 2.00 bits per heavy atom. The number of rotatable bonds is 1. The second-order valence-corrected chi connectivity index (χ2v) is 4.53. The van der Waals surface area contributed by atoms with Crippen molar-refractivity contribution in [1.29, 1.82) is 0 Å². The van der Waals surface area contributed by atoms with Gasteiger partial charge in [-0.1, -0.05) is 23.2 Å². The van der Waals surface area contributed by atoms with Crippen LogP contribution in [0.4, 0.5) is 5.69 Å². The summed E-state index contributed by atoms with van der Waals surface area (Å²) in [7, 11) is 0. The van der Waals surface area contributed by atoms with Crippen molar-refractivity contribution in [2.24, 2.45) is 0 Å². The summed E-state index contributed by atoms with van der Waals surface area (Å²) in [6.07, 6.45) is 1.14. The van der Waals surface area contributed by atoms with E-state index in [1.54, 1.807) is 0 Å². The zero-order chi connectivity index (χ0) is 10.7. The largest absolute Gasteiger partial charge is 0.369 e. The van der Waals surface area contributed by atoms with E-state index in [-0.39, 0.29) is 0 Å². The molecule has 1 aromatic rings. The van der Waals surface area contributed by atoms with E-state index in [9.17, 15) is 0 Å². The van der Waals surface area contributed by atoms with Gasteiger partial charge in [-0.25, -0.2) is 0 Å². The lowest BCUT2D eigenvalue weighted by atomic mass is 10.2. The van der Waals surface area contributed by atoms with Crippen LogP contribution in [-0.4, -0.2) is 26.2 Å². The number of benzene rings is 1. The molecular weight excluding hydrogens is 231 g/mol. The summed E-state index contributed by atoms with van der Waals surface area (Å²) in [6, 6.07) is 5.62. The minimum absolute atomic E-state index is 0.742. The number of nitrogens with one attached hydrogen (secondary N) is 1. The number of hydrogen-bond acceptors (Lipinski definition) is 2. The first-order valence-electron chi connectivity index (χ1n) is 5.18. The third-order valence-electron chi connectivity index (χ3n) is 2.59. The molecule has 1 fully saturated rings. The molecule has 0 radical (unpaired) electrons. The maximum Gasteiger partial charge on any atom is 0.0640 e. The molecule has 1 heterocycles. The molecule has 0 aliphatic carbocycles. The Bertz CT molecular complexity index is 333. The van der Waals surface area contributed by atoms with Crippen molar-refractivity contribution < 1.29 is 0 Å². The SMILES string of the molecule is Clc1ccc(Cl)c(N2CCCNCC2)c1. The smallest absolute Gasteiger partial charge is 0.0640 e. The summed E-state index contributed by atoms with van der Waals surface area (Å²) >= 11 is 12.1. The molecule has 1 N–H and O–H groups in total. The van der Waals surface area contributed by atoms with Gasteiger partial charge < -0.3 is 10.2 Å². The van der Waals surface area contributed by atoms with Gasteiger partial charge in [0.25, 0.3) is 0 Å². The van der Waals surface area contributed by atoms with E-state index in [2.05, 4.69) is 10.2 Å². The van der Waals surface area contributed by atoms with Crippen LogP contribution < -0.4 is 10.2 Å². The molecule has 0 atom stereocenters. The minimum Gasteiger partial charge on any atom is -0.369 e. The zero-order valence-electron chi connectivity index (χ0n) is 8.47. The van der Waals surface area contributed by atoms with E-state index in [0.717, 1.165) is 48.3 Å². The second-order valence-electron chi connectivity index (χ2n) is 3.69. The molecule has 0 aromatic heterocycles. The van der Waals surface area contributed by atoms with Crippen LogP contribution in [0.1, 0.15) is 6.42 Å². The van der Waals surface area contributed by atoms with Crippen molar-refractivity contribution in [2.75, 3.05) is 31.1 Å². The first-order chi connectivity index (χ1) is 7.27. The number of halogens is 2. The van der Waals surface area contributed by atoms with E-state index < -0.39 is 0 Å². The van der Waals surface area contributed by atoms with Gasteiger partial charge in [0.05, 0.1) is 10.7 Å². The summed E-state index contributed by atoms with van der Waals surface area (Å²) in [4.78, 5) is 2.29. The minimum atomic E-state index is 0.742. The second kappa shape index (κ2) is 5.06. The van der Waals surface area contributed by atoms with Crippen molar-refractivity contribution >= 4 is 28.9 Å². The Balaban J connectivity index is 2.22. The molecule has 4 heteroatoms. The van der Waals surface area contributed by atoms with Crippen LogP contribution in [-0.2, 0) is 0 Å². The van der Waals surface area contributed by atoms with Crippen molar-refractivity contribution in [2.45, 2.75) is 6.42 Å². The van der Waals surface area contributed by atoms with Crippen molar-refractivity contribution in [3.8, 4) is 0 Å². The van der Waals surface area contributed by atoms with E-state index in [4.69, 9.17) is 23.2 Å². The molecule has 82 valence electrons. The van der Waals surface area contributed by atoms with Gasteiger partial charge in [-0.15, -0.1) is 0 Å². The van der Waals surface area contributed by atoms with Crippen LogP contribution in [0.2, 0.25) is 10.0 Å². The van der Waals surface area contributed by atoms with Crippen LogP contribution in [0.25, 0.3) is 0 Å². The topological polar surface area (TPSA) is 15.3 Å². The van der Waals surface area contributed by atoms with Crippen LogP contribution in [0.15, 0.2) is 18.2 Å². The van der Waals surface area contributed by atoms with E-state index >= 15 is 0 Å². The highest BCUT2D eigenvalue weighted by atomic mass is 35.5. The first-order valence-corrected chi connectivity index (χ1v) is 5.94. The lowest BCUT2D eigenvalue weighted by Gasteiger charge is -2.23. The highest BCUT2D eigenvalue weighted by Gasteiger charge is 2.12. The fourth-order valence-electron chi connectivity index (χ4n) is 1.81. The van der Waals surface area contributed by atoms with Crippen molar-refractivity contribution in [1.82, 2.24) is 5.32 Å². The highest BCUT2D eigenvalue weighted by molar-refractivity contribution is 6.35. The van der Waals surface area contributed by atoms with Crippen molar-refractivity contribution in [3.05, 3.63) is 28.2 Å². The summed E-state index contributed by atoms with van der Waals surface area (Å²) < 4.78 is 0. The third kappa shape index (κ3) is 2.77. The lowest BCUT2D eigenvalue weighted by Crippen LogP contribution is -2.27. The standard InChI is InChI=1S/C11H14Cl2N2/c12-9-2-3-10(13)11(8-9)15-6-1-4-14-5-7-15/h2-3,8,14H,1,4-7H2. The van der Waals surface area contributed by atoms with Gasteiger partial charge in [0.1, 0.15) is 0 Å². The molecule has 0 amide bonds. The van der Waals surface area contributed by atoms with E-state index in [1.165, 1.54) is 0 Å². The molecular formula is C11H14Cl2N2. The Hall–Kier alpha value is -0.440. The number of hydrogen-bond donors (Lipinski definition) is 1. The average Bonchev–Trinajstić information content (AvgIpc) is 2.50. The summed E-state index contributed by atoms with van der Waals surface area (Å²) in [6.45, 7) is 4.10. The van der Waals surface area contributed by atoms with Crippen LogP contribution in [0, 0.1) is 0 Å². The molecule has 1 saturated heterocycles. The predicted molar refractivity (Wildman–Crippen MR) is 66.2 cm³/mol.